The molecule has 0 radical (unpaired) electrons. The summed E-state index contributed by atoms with van der Waals surface area (Å²) in [7, 11) is 0. The Morgan fingerprint density at radius 3 is 2.94 bits per heavy atom. The zero-order valence-corrected chi connectivity index (χ0v) is 9.77. The molecule has 0 saturated heterocycles. The number of carboxylic acid groups (broad SMARTS) is 1. The van der Waals surface area contributed by atoms with Gasteiger partial charge < -0.3 is 9.52 Å². The normalized spacial score (nSPS) is 10.3. The fourth-order valence-electron chi connectivity index (χ4n) is 1.37. The number of oxazole rings is 1. The predicted octanol–water partition coefficient (Wildman–Crippen LogP) is 2.73. The first-order valence-electron chi connectivity index (χ1n) is 4.57. The third-order valence-electron chi connectivity index (χ3n) is 2.07. The third-order valence-corrected chi connectivity index (χ3v) is 2.84. The Kier molecular flexibility index (Phi) is 3.05. The van der Waals surface area contributed by atoms with Gasteiger partial charge >= 0.3 is 5.97 Å². The van der Waals surface area contributed by atoms with Crippen molar-refractivity contribution < 1.29 is 14.3 Å². The number of rotatable bonds is 3. The average Bonchev–Trinajstić information content (AvgIpc) is 2.73. The summed E-state index contributed by atoms with van der Waals surface area (Å²) in [6, 6.07) is 5.36. The van der Waals surface area contributed by atoms with Gasteiger partial charge in [0, 0.05) is 10.0 Å². The molecule has 1 N–H and O–H groups in total. The van der Waals surface area contributed by atoms with Crippen molar-refractivity contribution in [3.63, 3.8) is 0 Å². The maximum Gasteiger partial charge on any atom is 0.307 e. The van der Waals surface area contributed by atoms with Gasteiger partial charge in [0.15, 0.2) is 0 Å². The third kappa shape index (κ3) is 2.30. The van der Waals surface area contributed by atoms with E-state index in [9.17, 15) is 4.79 Å². The minimum Gasteiger partial charge on any atom is -0.481 e. The van der Waals surface area contributed by atoms with Crippen molar-refractivity contribution in [2.24, 2.45) is 0 Å². The van der Waals surface area contributed by atoms with Gasteiger partial charge in [-0.25, -0.2) is 4.98 Å². The number of halogens is 1. The van der Waals surface area contributed by atoms with Crippen LogP contribution in [0.4, 0.5) is 0 Å². The highest BCUT2D eigenvalue weighted by molar-refractivity contribution is 9.10. The first-order valence-corrected chi connectivity index (χ1v) is 5.36. The first-order chi connectivity index (χ1) is 7.66. The molecule has 0 bridgehead atoms. The molecule has 16 heavy (non-hydrogen) atoms. The molecule has 2 aromatic rings. The van der Waals surface area contributed by atoms with E-state index in [1.807, 2.05) is 6.07 Å². The monoisotopic (exact) mass is 281 g/mol. The SMILES string of the molecule is O=C(O)Cc1cc(-c2ncco2)ccc1Br. The van der Waals surface area contributed by atoms with Crippen LogP contribution in [0.1, 0.15) is 5.56 Å². The van der Waals surface area contributed by atoms with E-state index >= 15 is 0 Å². The smallest absolute Gasteiger partial charge is 0.307 e. The van der Waals surface area contributed by atoms with Crippen LogP contribution in [0.3, 0.4) is 0 Å². The lowest BCUT2D eigenvalue weighted by molar-refractivity contribution is -0.136. The van der Waals surface area contributed by atoms with Crippen molar-refractivity contribution in [2.75, 3.05) is 0 Å². The van der Waals surface area contributed by atoms with E-state index in [4.69, 9.17) is 9.52 Å². The molecule has 1 heterocycles. The fourth-order valence-corrected chi connectivity index (χ4v) is 1.76. The second-order valence-corrected chi connectivity index (χ2v) is 4.07. The van der Waals surface area contributed by atoms with E-state index in [2.05, 4.69) is 20.9 Å². The molecule has 2 rings (SSSR count). The van der Waals surface area contributed by atoms with Gasteiger partial charge in [0.1, 0.15) is 6.26 Å². The van der Waals surface area contributed by atoms with Crippen molar-refractivity contribution in [3.8, 4) is 11.5 Å². The molecule has 4 nitrogen and oxygen atoms in total. The van der Waals surface area contributed by atoms with Gasteiger partial charge in [-0.15, -0.1) is 0 Å². The molecular formula is C11H8BrNO3. The van der Waals surface area contributed by atoms with Gasteiger partial charge in [-0.2, -0.15) is 0 Å². The van der Waals surface area contributed by atoms with Crippen LogP contribution in [0.25, 0.3) is 11.5 Å². The van der Waals surface area contributed by atoms with E-state index in [-0.39, 0.29) is 6.42 Å². The molecule has 0 fully saturated rings. The van der Waals surface area contributed by atoms with E-state index in [1.165, 1.54) is 6.26 Å². The number of benzene rings is 1. The number of hydrogen-bond donors (Lipinski definition) is 1. The number of carboxylic acids is 1. The summed E-state index contributed by atoms with van der Waals surface area (Å²) in [5.74, 6) is -0.385. The summed E-state index contributed by atoms with van der Waals surface area (Å²) in [6.07, 6.45) is 3.00. The highest BCUT2D eigenvalue weighted by Gasteiger charge is 2.09. The molecular weight excluding hydrogens is 274 g/mol. The molecule has 0 aliphatic heterocycles. The molecule has 0 spiro atoms. The van der Waals surface area contributed by atoms with Crippen molar-refractivity contribution in [2.45, 2.75) is 6.42 Å². The van der Waals surface area contributed by atoms with Gasteiger partial charge in [-0.3, -0.25) is 4.79 Å². The second kappa shape index (κ2) is 4.49. The number of aliphatic carboxylic acids is 1. The summed E-state index contributed by atoms with van der Waals surface area (Å²) >= 11 is 3.31. The molecule has 0 atom stereocenters. The Morgan fingerprint density at radius 1 is 1.50 bits per heavy atom. The van der Waals surface area contributed by atoms with E-state index in [0.717, 1.165) is 10.0 Å². The lowest BCUT2D eigenvalue weighted by atomic mass is 10.1. The van der Waals surface area contributed by atoms with Crippen LogP contribution in [0.2, 0.25) is 0 Å². The Morgan fingerprint density at radius 2 is 2.31 bits per heavy atom. The first kappa shape index (κ1) is 10.9. The summed E-state index contributed by atoms with van der Waals surface area (Å²) < 4.78 is 5.91. The van der Waals surface area contributed by atoms with Crippen LogP contribution < -0.4 is 0 Å². The Bertz CT molecular complexity index is 508. The van der Waals surface area contributed by atoms with Crippen LogP contribution in [0.5, 0.6) is 0 Å². The average molecular weight is 282 g/mol. The van der Waals surface area contributed by atoms with E-state index < -0.39 is 5.97 Å². The van der Waals surface area contributed by atoms with Gasteiger partial charge in [-0.1, -0.05) is 15.9 Å². The summed E-state index contributed by atoms with van der Waals surface area (Å²) in [5.41, 5.74) is 1.47. The molecule has 0 amide bonds. The maximum absolute atomic E-state index is 10.7. The summed E-state index contributed by atoms with van der Waals surface area (Å²) in [5, 5.41) is 8.75. The standard InChI is InChI=1S/C11H8BrNO3/c12-9-2-1-7(11-13-3-4-16-11)5-8(9)6-10(14)15/h1-5H,6H2,(H,14,15). The molecule has 5 heteroatoms. The van der Waals surface area contributed by atoms with Crippen molar-refractivity contribution in [1.82, 2.24) is 4.98 Å². The molecule has 82 valence electrons. The van der Waals surface area contributed by atoms with Crippen molar-refractivity contribution >= 4 is 21.9 Å². The number of hydrogen-bond acceptors (Lipinski definition) is 3. The molecule has 1 aromatic carbocycles. The molecule has 0 aliphatic rings. The van der Waals surface area contributed by atoms with Gasteiger partial charge in [0.25, 0.3) is 0 Å². The van der Waals surface area contributed by atoms with Crippen molar-refractivity contribution in [3.05, 3.63) is 40.7 Å². The van der Waals surface area contributed by atoms with Crippen LogP contribution >= 0.6 is 15.9 Å². The molecule has 0 unspecified atom stereocenters. The van der Waals surface area contributed by atoms with E-state index in [1.54, 1.807) is 18.3 Å². The molecule has 0 saturated carbocycles. The minimum absolute atomic E-state index is 0.0326. The fraction of sp³-hybridized carbons (Fsp3) is 0.0909. The van der Waals surface area contributed by atoms with Gasteiger partial charge in [-0.05, 0) is 23.8 Å². The molecule has 0 aliphatic carbocycles. The topological polar surface area (TPSA) is 63.3 Å². The zero-order chi connectivity index (χ0) is 11.5. The summed E-state index contributed by atoms with van der Waals surface area (Å²) in [6.45, 7) is 0. The number of nitrogens with zero attached hydrogens (tertiary/aromatic N) is 1. The highest BCUT2D eigenvalue weighted by atomic mass is 79.9. The zero-order valence-electron chi connectivity index (χ0n) is 8.18. The van der Waals surface area contributed by atoms with Crippen molar-refractivity contribution in [1.29, 1.82) is 0 Å². The van der Waals surface area contributed by atoms with Gasteiger partial charge in [0.2, 0.25) is 5.89 Å². The van der Waals surface area contributed by atoms with Crippen LogP contribution in [-0.4, -0.2) is 16.1 Å². The second-order valence-electron chi connectivity index (χ2n) is 3.21. The highest BCUT2D eigenvalue weighted by Crippen LogP contribution is 2.24. The number of carbonyl (C=O) groups is 1. The summed E-state index contributed by atoms with van der Waals surface area (Å²) in [4.78, 5) is 14.7. The predicted molar refractivity (Wildman–Crippen MR) is 61.0 cm³/mol. The molecule has 1 aromatic heterocycles. The van der Waals surface area contributed by atoms with Crippen LogP contribution in [-0.2, 0) is 11.2 Å². The lowest BCUT2D eigenvalue weighted by Crippen LogP contribution is -2.01. The Hall–Kier alpha value is -1.62. The quantitative estimate of drug-likeness (QED) is 0.940. The van der Waals surface area contributed by atoms with E-state index in [0.29, 0.717) is 11.5 Å². The Balaban J connectivity index is 2.39. The minimum atomic E-state index is -0.870. The largest absolute Gasteiger partial charge is 0.481 e. The van der Waals surface area contributed by atoms with Crippen LogP contribution in [0.15, 0.2) is 39.5 Å². The van der Waals surface area contributed by atoms with Crippen LogP contribution in [0, 0.1) is 0 Å². The lowest BCUT2D eigenvalue weighted by Gasteiger charge is -2.03. The maximum atomic E-state index is 10.7. The van der Waals surface area contributed by atoms with Gasteiger partial charge in [0.05, 0.1) is 12.6 Å². The number of aromatic nitrogens is 1. The Labute approximate surface area is 100 Å².